The summed E-state index contributed by atoms with van der Waals surface area (Å²) in [6.07, 6.45) is 0.459. The second-order valence-electron chi connectivity index (χ2n) is 5.61. The first-order chi connectivity index (χ1) is 10.1. The standard InChI is InChI=1S/C18H19NO2/c1-12-10-18(20)21-17-11-15(8-9-16(12)17)19-13(2)14-6-4-3-5-7-14/h3-9,11-13,19H,10H2,1-2H3. The molecule has 3 nitrogen and oxygen atoms in total. The van der Waals surface area contributed by atoms with Crippen LogP contribution in [-0.2, 0) is 4.79 Å². The first-order valence-electron chi connectivity index (χ1n) is 7.29. The number of rotatable bonds is 3. The van der Waals surface area contributed by atoms with E-state index in [1.165, 1.54) is 5.56 Å². The van der Waals surface area contributed by atoms with Crippen LogP contribution in [0.25, 0.3) is 0 Å². The number of esters is 1. The highest BCUT2D eigenvalue weighted by Crippen LogP contribution is 2.36. The molecule has 1 heterocycles. The van der Waals surface area contributed by atoms with Crippen molar-refractivity contribution in [3.05, 3.63) is 59.7 Å². The van der Waals surface area contributed by atoms with Crippen molar-refractivity contribution in [2.24, 2.45) is 0 Å². The lowest BCUT2D eigenvalue weighted by Crippen LogP contribution is -2.18. The Morgan fingerprint density at radius 1 is 1.19 bits per heavy atom. The molecule has 2 atom stereocenters. The van der Waals surface area contributed by atoms with Gasteiger partial charge < -0.3 is 10.1 Å². The largest absolute Gasteiger partial charge is 0.426 e. The number of anilines is 1. The summed E-state index contributed by atoms with van der Waals surface area (Å²) < 4.78 is 5.35. The number of carbonyl (C=O) groups excluding carboxylic acids is 1. The van der Waals surface area contributed by atoms with E-state index in [9.17, 15) is 4.79 Å². The van der Waals surface area contributed by atoms with E-state index in [0.29, 0.717) is 12.2 Å². The van der Waals surface area contributed by atoms with E-state index in [1.54, 1.807) is 0 Å². The summed E-state index contributed by atoms with van der Waals surface area (Å²) in [7, 11) is 0. The lowest BCUT2D eigenvalue weighted by Gasteiger charge is -2.23. The van der Waals surface area contributed by atoms with Gasteiger partial charge in [0.25, 0.3) is 0 Å². The van der Waals surface area contributed by atoms with Crippen molar-refractivity contribution in [1.82, 2.24) is 0 Å². The van der Waals surface area contributed by atoms with E-state index in [2.05, 4.69) is 31.3 Å². The van der Waals surface area contributed by atoms with E-state index in [4.69, 9.17) is 4.74 Å². The van der Waals surface area contributed by atoms with Crippen molar-refractivity contribution in [3.63, 3.8) is 0 Å². The van der Waals surface area contributed by atoms with Crippen LogP contribution in [0.3, 0.4) is 0 Å². The maximum atomic E-state index is 11.5. The maximum Gasteiger partial charge on any atom is 0.311 e. The third-order valence-corrected chi connectivity index (χ3v) is 3.92. The summed E-state index contributed by atoms with van der Waals surface area (Å²) in [6, 6.07) is 16.5. The number of ether oxygens (including phenoxy) is 1. The van der Waals surface area contributed by atoms with Crippen molar-refractivity contribution < 1.29 is 9.53 Å². The molecule has 21 heavy (non-hydrogen) atoms. The molecule has 0 spiro atoms. The van der Waals surface area contributed by atoms with E-state index in [0.717, 1.165) is 11.3 Å². The molecule has 1 aliphatic rings. The molecule has 108 valence electrons. The summed E-state index contributed by atoms with van der Waals surface area (Å²) in [5, 5.41) is 3.45. The number of hydrogen-bond acceptors (Lipinski definition) is 3. The van der Waals surface area contributed by atoms with Crippen LogP contribution in [-0.4, -0.2) is 5.97 Å². The van der Waals surface area contributed by atoms with Crippen molar-refractivity contribution in [2.45, 2.75) is 32.2 Å². The zero-order valence-electron chi connectivity index (χ0n) is 12.3. The Morgan fingerprint density at radius 2 is 1.95 bits per heavy atom. The number of benzene rings is 2. The molecular formula is C18H19NO2. The van der Waals surface area contributed by atoms with E-state index in [-0.39, 0.29) is 17.9 Å². The van der Waals surface area contributed by atoms with Crippen LogP contribution in [0.1, 0.15) is 43.4 Å². The van der Waals surface area contributed by atoms with Crippen LogP contribution in [0.2, 0.25) is 0 Å². The molecule has 1 N–H and O–H groups in total. The van der Waals surface area contributed by atoms with Gasteiger partial charge in [-0.3, -0.25) is 4.79 Å². The van der Waals surface area contributed by atoms with Crippen LogP contribution in [0, 0.1) is 0 Å². The van der Waals surface area contributed by atoms with Crippen LogP contribution in [0.4, 0.5) is 5.69 Å². The van der Waals surface area contributed by atoms with Crippen LogP contribution >= 0.6 is 0 Å². The fourth-order valence-corrected chi connectivity index (χ4v) is 2.72. The van der Waals surface area contributed by atoms with Crippen molar-refractivity contribution in [3.8, 4) is 5.75 Å². The van der Waals surface area contributed by atoms with Gasteiger partial charge in [-0.05, 0) is 30.0 Å². The summed E-state index contributed by atoms with van der Waals surface area (Å²) in [5.74, 6) is 0.758. The molecule has 3 rings (SSSR count). The first-order valence-corrected chi connectivity index (χ1v) is 7.29. The van der Waals surface area contributed by atoms with Gasteiger partial charge in [-0.15, -0.1) is 0 Å². The minimum absolute atomic E-state index is 0.150. The van der Waals surface area contributed by atoms with Crippen molar-refractivity contribution >= 4 is 11.7 Å². The minimum Gasteiger partial charge on any atom is -0.426 e. The first kappa shape index (κ1) is 13.7. The zero-order valence-corrected chi connectivity index (χ0v) is 12.3. The predicted octanol–water partition coefficient (Wildman–Crippen LogP) is 4.27. The summed E-state index contributed by atoms with van der Waals surface area (Å²) in [4.78, 5) is 11.5. The molecule has 0 amide bonds. The van der Waals surface area contributed by atoms with Gasteiger partial charge in [0.05, 0.1) is 6.42 Å². The Balaban J connectivity index is 1.81. The van der Waals surface area contributed by atoms with Gasteiger partial charge in [0.1, 0.15) is 5.75 Å². The lowest BCUT2D eigenvalue weighted by atomic mass is 9.94. The minimum atomic E-state index is -0.150. The summed E-state index contributed by atoms with van der Waals surface area (Å²) in [6.45, 7) is 4.17. The molecule has 0 saturated carbocycles. The Morgan fingerprint density at radius 3 is 2.71 bits per heavy atom. The molecule has 2 aromatic rings. The van der Waals surface area contributed by atoms with Gasteiger partial charge in [0.15, 0.2) is 0 Å². The highest BCUT2D eigenvalue weighted by Gasteiger charge is 2.24. The molecule has 0 aromatic heterocycles. The molecule has 1 aliphatic heterocycles. The molecule has 0 bridgehead atoms. The summed E-state index contributed by atoms with van der Waals surface area (Å²) >= 11 is 0. The predicted molar refractivity (Wildman–Crippen MR) is 83.6 cm³/mol. The second-order valence-corrected chi connectivity index (χ2v) is 5.61. The molecule has 0 saturated heterocycles. The Labute approximate surface area is 124 Å². The molecule has 0 radical (unpaired) electrons. The second kappa shape index (κ2) is 5.60. The average Bonchev–Trinajstić information content (AvgIpc) is 2.47. The van der Waals surface area contributed by atoms with Crippen molar-refractivity contribution in [1.29, 1.82) is 0 Å². The van der Waals surface area contributed by atoms with Crippen LogP contribution in [0.5, 0.6) is 5.75 Å². The third-order valence-electron chi connectivity index (χ3n) is 3.92. The van der Waals surface area contributed by atoms with Gasteiger partial charge in [-0.25, -0.2) is 0 Å². The molecular weight excluding hydrogens is 262 g/mol. The van der Waals surface area contributed by atoms with Gasteiger partial charge in [-0.2, -0.15) is 0 Å². The molecule has 2 unspecified atom stereocenters. The SMILES string of the molecule is CC1CC(=O)Oc2cc(NC(C)c3ccccc3)ccc21. The van der Waals surface area contributed by atoms with Gasteiger partial charge in [-0.1, -0.05) is 43.3 Å². The molecule has 3 heteroatoms. The monoisotopic (exact) mass is 281 g/mol. The van der Waals surface area contributed by atoms with Crippen molar-refractivity contribution in [2.75, 3.05) is 5.32 Å². The lowest BCUT2D eigenvalue weighted by molar-refractivity contribution is -0.135. The smallest absolute Gasteiger partial charge is 0.311 e. The number of carbonyl (C=O) groups is 1. The topological polar surface area (TPSA) is 38.3 Å². The third kappa shape index (κ3) is 2.92. The number of hydrogen-bond donors (Lipinski definition) is 1. The quantitative estimate of drug-likeness (QED) is 0.674. The summed E-state index contributed by atoms with van der Waals surface area (Å²) in [5.41, 5.74) is 3.29. The molecule has 2 aromatic carbocycles. The van der Waals surface area contributed by atoms with E-state index >= 15 is 0 Å². The average molecular weight is 281 g/mol. The van der Waals surface area contributed by atoms with Gasteiger partial charge in [0, 0.05) is 17.8 Å². The van der Waals surface area contributed by atoms with E-state index in [1.807, 2.05) is 36.4 Å². The Kier molecular flexibility index (Phi) is 3.65. The fraction of sp³-hybridized carbons (Fsp3) is 0.278. The number of fused-ring (bicyclic) bond motifs is 1. The van der Waals surface area contributed by atoms with Gasteiger partial charge >= 0.3 is 5.97 Å². The Hall–Kier alpha value is -2.29. The highest BCUT2D eigenvalue weighted by atomic mass is 16.5. The zero-order chi connectivity index (χ0) is 14.8. The van der Waals surface area contributed by atoms with Crippen LogP contribution < -0.4 is 10.1 Å². The Bertz CT molecular complexity index is 652. The number of nitrogens with one attached hydrogen (secondary N) is 1. The normalized spacial score (nSPS) is 18.6. The highest BCUT2D eigenvalue weighted by molar-refractivity contribution is 5.77. The van der Waals surface area contributed by atoms with E-state index < -0.39 is 0 Å². The van der Waals surface area contributed by atoms with Crippen LogP contribution in [0.15, 0.2) is 48.5 Å². The molecule has 0 aliphatic carbocycles. The maximum absolute atomic E-state index is 11.5. The van der Waals surface area contributed by atoms with Gasteiger partial charge in [0.2, 0.25) is 0 Å². The fourth-order valence-electron chi connectivity index (χ4n) is 2.72. The molecule has 0 fully saturated rings.